The first-order chi connectivity index (χ1) is 9.56. The van der Waals surface area contributed by atoms with Crippen LogP contribution >= 0.6 is 0 Å². The van der Waals surface area contributed by atoms with E-state index in [1.54, 1.807) is 38.4 Å². The summed E-state index contributed by atoms with van der Waals surface area (Å²) in [7, 11) is 3.36. The number of amides is 2. The summed E-state index contributed by atoms with van der Waals surface area (Å²) < 4.78 is 0. The number of aliphatic hydroxyl groups is 1. The Morgan fingerprint density at radius 3 is 2.65 bits per heavy atom. The SMILES string of the molecule is CNCC(O)c1ccccc1N1CCN(C)C(=O)C1=O. The molecule has 2 rings (SSSR count). The zero-order valence-corrected chi connectivity index (χ0v) is 11.7. The third kappa shape index (κ3) is 2.66. The molecule has 0 bridgehead atoms. The number of nitrogens with zero attached hydrogens (tertiary/aromatic N) is 2. The molecule has 1 unspecified atom stereocenters. The van der Waals surface area contributed by atoms with E-state index in [0.717, 1.165) is 0 Å². The predicted octanol–water partition coefficient (Wildman–Crippen LogP) is -0.256. The van der Waals surface area contributed by atoms with Gasteiger partial charge in [-0.2, -0.15) is 0 Å². The van der Waals surface area contributed by atoms with Gasteiger partial charge in [0, 0.05) is 32.2 Å². The molecule has 2 N–H and O–H groups in total. The van der Waals surface area contributed by atoms with Crippen molar-refractivity contribution in [3.63, 3.8) is 0 Å². The maximum absolute atomic E-state index is 12.1. The number of carbonyl (C=O) groups excluding carboxylic acids is 2. The first-order valence-electron chi connectivity index (χ1n) is 6.54. The lowest BCUT2D eigenvalue weighted by Crippen LogP contribution is -2.53. The molecule has 1 aliphatic rings. The number of rotatable bonds is 4. The van der Waals surface area contributed by atoms with Crippen LogP contribution < -0.4 is 10.2 Å². The molecule has 108 valence electrons. The second-order valence-electron chi connectivity index (χ2n) is 4.82. The molecule has 0 aliphatic carbocycles. The molecule has 1 aliphatic heterocycles. The van der Waals surface area contributed by atoms with E-state index in [1.807, 2.05) is 0 Å². The first-order valence-corrected chi connectivity index (χ1v) is 6.54. The summed E-state index contributed by atoms with van der Waals surface area (Å²) in [6, 6.07) is 7.12. The fourth-order valence-electron chi connectivity index (χ4n) is 2.28. The van der Waals surface area contributed by atoms with Gasteiger partial charge in [-0.3, -0.25) is 9.59 Å². The molecule has 1 aromatic carbocycles. The Kier molecular flexibility index (Phi) is 4.36. The van der Waals surface area contributed by atoms with E-state index in [2.05, 4.69) is 5.32 Å². The average molecular weight is 277 g/mol. The van der Waals surface area contributed by atoms with Gasteiger partial charge < -0.3 is 20.2 Å². The third-order valence-corrected chi connectivity index (χ3v) is 3.42. The number of benzene rings is 1. The van der Waals surface area contributed by atoms with Crippen molar-refractivity contribution in [3.05, 3.63) is 29.8 Å². The van der Waals surface area contributed by atoms with Gasteiger partial charge in [0.1, 0.15) is 0 Å². The van der Waals surface area contributed by atoms with Crippen LogP contribution in [0.2, 0.25) is 0 Å². The van der Waals surface area contributed by atoms with E-state index >= 15 is 0 Å². The van der Waals surface area contributed by atoms with Crippen LogP contribution in [-0.2, 0) is 9.59 Å². The number of aliphatic hydroxyl groups excluding tert-OH is 1. The summed E-state index contributed by atoms with van der Waals surface area (Å²) in [5.74, 6) is -1.07. The quantitative estimate of drug-likeness (QED) is 0.744. The second-order valence-corrected chi connectivity index (χ2v) is 4.82. The minimum Gasteiger partial charge on any atom is -0.387 e. The van der Waals surface area contributed by atoms with Crippen molar-refractivity contribution in [2.24, 2.45) is 0 Å². The Morgan fingerprint density at radius 1 is 1.25 bits per heavy atom. The molecule has 0 radical (unpaired) electrons. The molecule has 0 spiro atoms. The van der Waals surface area contributed by atoms with Gasteiger partial charge in [0.2, 0.25) is 0 Å². The fraction of sp³-hybridized carbons (Fsp3) is 0.429. The van der Waals surface area contributed by atoms with Crippen LogP contribution in [0.4, 0.5) is 5.69 Å². The lowest BCUT2D eigenvalue weighted by Gasteiger charge is -2.33. The van der Waals surface area contributed by atoms with Gasteiger partial charge in [-0.1, -0.05) is 18.2 Å². The maximum Gasteiger partial charge on any atom is 0.316 e. The highest BCUT2D eigenvalue weighted by molar-refractivity contribution is 6.41. The largest absolute Gasteiger partial charge is 0.387 e. The number of nitrogens with one attached hydrogen (secondary N) is 1. The molecular weight excluding hydrogens is 258 g/mol. The molecule has 1 fully saturated rings. The van der Waals surface area contributed by atoms with Crippen LogP contribution in [0, 0.1) is 0 Å². The third-order valence-electron chi connectivity index (χ3n) is 3.42. The van der Waals surface area contributed by atoms with Crippen molar-refractivity contribution < 1.29 is 14.7 Å². The smallest absolute Gasteiger partial charge is 0.316 e. The van der Waals surface area contributed by atoms with E-state index in [1.165, 1.54) is 9.80 Å². The van der Waals surface area contributed by atoms with Crippen molar-refractivity contribution in [2.75, 3.05) is 38.6 Å². The molecule has 2 amide bonds. The number of para-hydroxylation sites is 1. The molecular formula is C14H19N3O3. The normalized spacial score (nSPS) is 17.6. The summed E-state index contributed by atoms with van der Waals surface area (Å²) in [5, 5.41) is 13.0. The monoisotopic (exact) mass is 277 g/mol. The molecule has 1 atom stereocenters. The average Bonchev–Trinajstić information content (AvgIpc) is 2.45. The van der Waals surface area contributed by atoms with E-state index in [4.69, 9.17) is 0 Å². The van der Waals surface area contributed by atoms with Crippen LogP contribution in [0.15, 0.2) is 24.3 Å². The number of hydrogen-bond acceptors (Lipinski definition) is 4. The summed E-state index contributed by atoms with van der Waals surface area (Å²) in [6.45, 7) is 1.30. The van der Waals surface area contributed by atoms with Crippen molar-refractivity contribution in [1.29, 1.82) is 0 Å². The van der Waals surface area contributed by atoms with Crippen LogP contribution in [0.5, 0.6) is 0 Å². The molecule has 6 nitrogen and oxygen atoms in total. The second kappa shape index (κ2) is 6.02. The maximum atomic E-state index is 12.1. The van der Waals surface area contributed by atoms with Crippen LogP contribution in [0.3, 0.4) is 0 Å². The number of anilines is 1. The minimum absolute atomic E-state index is 0.382. The Hall–Kier alpha value is -1.92. The zero-order valence-electron chi connectivity index (χ0n) is 11.7. The number of hydrogen-bond donors (Lipinski definition) is 2. The van der Waals surface area contributed by atoms with Crippen molar-refractivity contribution in [2.45, 2.75) is 6.10 Å². The Labute approximate surface area is 118 Å². The Balaban J connectivity index is 2.33. The van der Waals surface area contributed by atoms with Gasteiger partial charge in [-0.25, -0.2) is 0 Å². The molecule has 20 heavy (non-hydrogen) atoms. The van der Waals surface area contributed by atoms with E-state index in [0.29, 0.717) is 30.9 Å². The summed E-state index contributed by atoms with van der Waals surface area (Å²) in [6.07, 6.45) is -0.723. The van der Waals surface area contributed by atoms with Crippen LogP contribution in [0.25, 0.3) is 0 Å². The zero-order chi connectivity index (χ0) is 14.7. The number of likely N-dealkylation sites (N-methyl/N-ethyl adjacent to an activating group) is 2. The van der Waals surface area contributed by atoms with Gasteiger partial charge >= 0.3 is 11.8 Å². The van der Waals surface area contributed by atoms with Crippen molar-refractivity contribution in [1.82, 2.24) is 10.2 Å². The van der Waals surface area contributed by atoms with Gasteiger partial charge in [-0.05, 0) is 13.1 Å². The summed E-state index contributed by atoms with van der Waals surface area (Å²) in [5.41, 5.74) is 1.24. The predicted molar refractivity (Wildman–Crippen MR) is 75.3 cm³/mol. The van der Waals surface area contributed by atoms with Gasteiger partial charge in [0.25, 0.3) is 0 Å². The van der Waals surface area contributed by atoms with Gasteiger partial charge in [0.15, 0.2) is 0 Å². The Bertz CT molecular complexity index is 518. The minimum atomic E-state index is -0.723. The summed E-state index contributed by atoms with van der Waals surface area (Å²) in [4.78, 5) is 26.7. The fourth-order valence-corrected chi connectivity index (χ4v) is 2.28. The van der Waals surface area contributed by atoms with Crippen LogP contribution in [-0.4, -0.2) is 55.6 Å². The number of piperazine rings is 1. The van der Waals surface area contributed by atoms with Crippen LogP contribution in [0.1, 0.15) is 11.7 Å². The molecule has 0 saturated carbocycles. The van der Waals surface area contributed by atoms with Gasteiger partial charge in [0.05, 0.1) is 11.8 Å². The number of carbonyl (C=O) groups is 2. The van der Waals surface area contributed by atoms with Crippen molar-refractivity contribution in [3.8, 4) is 0 Å². The topological polar surface area (TPSA) is 72.9 Å². The molecule has 1 heterocycles. The highest BCUT2D eigenvalue weighted by Crippen LogP contribution is 2.27. The summed E-state index contributed by atoms with van der Waals surface area (Å²) >= 11 is 0. The highest BCUT2D eigenvalue weighted by atomic mass is 16.3. The van der Waals surface area contributed by atoms with E-state index < -0.39 is 17.9 Å². The van der Waals surface area contributed by atoms with Crippen molar-refractivity contribution >= 4 is 17.5 Å². The molecule has 0 aromatic heterocycles. The van der Waals surface area contributed by atoms with E-state index in [-0.39, 0.29) is 0 Å². The highest BCUT2D eigenvalue weighted by Gasteiger charge is 2.32. The van der Waals surface area contributed by atoms with Gasteiger partial charge in [-0.15, -0.1) is 0 Å². The van der Waals surface area contributed by atoms with E-state index in [9.17, 15) is 14.7 Å². The lowest BCUT2D eigenvalue weighted by atomic mass is 10.1. The molecule has 6 heteroatoms. The Morgan fingerprint density at radius 2 is 1.95 bits per heavy atom. The lowest BCUT2D eigenvalue weighted by molar-refractivity contribution is -0.145. The first kappa shape index (κ1) is 14.5. The molecule has 1 saturated heterocycles. The molecule has 1 aromatic rings. The standard InChI is InChI=1S/C14H19N3O3/c1-15-9-12(18)10-5-3-4-6-11(10)17-8-7-16(2)13(19)14(17)20/h3-6,12,15,18H,7-9H2,1-2H3.